The van der Waals surface area contributed by atoms with E-state index in [0.717, 1.165) is 22.4 Å². The van der Waals surface area contributed by atoms with Gasteiger partial charge < -0.3 is 14.2 Å². The van der Waals surface area contributed by atoms with Gasteiger partial charge in [-0.2, -0.15) is 0 Å². The van der Waals surface area contributed by atoms with Crippen LogP contribution in [0.1, 0.15) is 13.3 Å². The molecule has 0 N–H and O–H groups in total. The number of alkyl halides is 1. The molecule has 1 aliphatic rings. The molecule has 0 aliphatic heterocycles. The molecule has 18 heavy (non-hydrogen) atoms. The van der Waals surface area contributed by atoms with Gasteiger partial charge in [-0.05, 0) is 41.1 Å². The molecular formula is C13H16BrClO3. The van der Waals surface area contributed by atoms with E-state index >= 15 is 0 Å². The molecule has 3 atom stereocenters. The lowest BCUT2D eigenvalue weighted by Crippen LogP contribution is -2.52. The molecule has 5 heteroatoms. The van der Waals surface area contributed by atoms with Crippen molar-refractivity contribution in [2.24, 2.45) is 0 Å². The van der Waals surface area contributed by atoms with Crippen LogP contribution in [0.5, 0.6) is 11.5 Å². The molecule has 1 saturated carbocycles. The monoisotopic (exact) mass is 334 g/mol. The summed E-state index contributed by atoms with van der Waals surface area (Å²) >= 11 is 9.57. The molecular weight excluding hydrogens is 319 g/mol. The third kappa shape index (κ3) is 2.92. The fourth-order valence-electron chi connectivity index (χ4n) is 1.91. The van der Waals surface area contributed by atoms with Crippen molar-refractivity contribution in [2.45, 2.75) is 30.9 Å². The van der Waals surface area contributed by atoms with Crippen molar-refractivity contribution in [2.75, 3.05) is 13.7 Å². The maximum Gasteiger partial charge on any atom is 0.134 e. The lowest BCUT2D eigenvalue weighted by atomic mass is 9.91. The molecule has 0 heterocycles. The number of methoxy groups -OCH3 is 1. The molecule has 1 aliphatic carbocycles. The minimum absolute atomic E-state index is 0.0225. The van der Waals surface area contributed by atoms with Gasteiger partial charge in [0.2, 0.25) is 0 Å². The molecule has 3 nitrogen and oxygen atoms in total. The maximum atomic E-state index is 6.11. The number of benzene rings is 1. The van der Waals surface area contributed by atoms with Crippen LogP contribution in [-0.2, 0) is 4.74 Å². The van der Waals surface area contributed by atoms with Gasteiger partial charge in [0, 0.05) is 13.0 Å². The average Bonchev–Trinajstić information content (AvgIpc) is 2.37. The van der Waals surface area contributed by atoms with Gasteiger partial charge in [-0.15, -0.1) is 11.6 Å². The Morgan fingerprint density at radius 1 is 1.44 bits per heavy atom. The molecule has 0 spiro atoms. The normalized spacial score (nSPS) is 26.6. The van der Waals surface area contributed by atoms with E-state index in [1.54, 1.807) is 7.11 Å². The van der Waals surface area contributed by atoms with Crippen LogP contribution >= 0.6 is 27.5 Å². The molecule has 0 saturated heterocycles. The van der Waals surface area contributed by atoms with E-state index in [9.17, 15) is 0 Å². The summed E-state index contributed by atoms with van der Waals surface area (Å²) in [6.07, 6.45) is 0.813. The van der Waals surface area contributed by atoms with Crippen LogP contribution < -0.4 is 9.47 Å². The molecule has 0 aromatic heterocycles. The summed E-state index contributed by atoms with van der Waals surface area (Å²) in [6, 6.07) is 5.63. The topological polar surface area (TPSA) is 27.7 Å². The number of ether oxygens (including phenoxy) is 3. The molecule has 1 aromatic rings. The first-order chi connectivity index (χ1) is 8.65. The van der Waals surface area contributed by atoms with Crippen LogP contribution in [0.2, 0.25) is 0 Å². The van der Waals surface area contributed by atoms with E-state index in [-0.39, 0.29) is 17.6 Å². The summed E-state index contributed by atoms with van der Waals surface area (Å²) < 4.78 is 17.5. The third-order valence-electron chi connectivity index (χ3n) is 2.96. The van der Waals surface area contributed by atoms with Crippen molar-refractivity contribution in [3.8, 4) is 11.5 Å². The van der Waals surface area contributed by atoms with Crippen molar-refractivity contribution in [1.29, 1.82) is 0 Å². The second-order valence-electron chi connectivity index (χ2n) is 4.12. The van der Waals surface area contributed by atoms with E-state index in [1.807, 2.05) is 25.1 Å². The Kier molecular flexibility index (Phi) is 4.76. The first-order valence-electron chi connectivity index (χ1n) is 5.91. The Bertz CT molecular complexity index is 413. The van der Waals surface area contributed by atoms with Crippen LogP contribution in [0, 0.1) is 0 Å². The molecule has 3 unspecified atom stereocenters. The summed E-state index contributed by atoms with van der Waals surface area (Å²) in [5.74, 6) is 1.58. The largest absolute Gasteiger partial charge is 0.497 e. The molecule has 0 bridgehead atoms. The van der Waals surface area contributed by atoms with Gasteiger partial charge in [0.15, 0.2) is 0 Å². The van der Waals surface area contributed by atoms with Crippen LogP contribution in [0.15, 0.2) is 22.7 Å². The standard InChI is InChI=1S/C13H16BrClO3/c1-3-17-13-10(15)7-12(13)18-11-5-4-8(16-2)6-9(11)14/h4-6,10,12-13H,3,7H2,1-2H3. The van der Waals surface area contributed by atoms with E-state index in [4.69, 9.17) is 25.8 Å². The highest BCUT2D eigenvalue weighted by Crippen LogP contribution is 2.36. The lowest BCUT2D eigenvalue weighted by molar-refractivity contribution is -0.0762. The zero-order valence-corrected chi connectivity index (χ0v) is 12.7. The smallest absolute Gasteiger partial charge is 0.134 e. The Labute approximate surface area is 120 Å². The second kappa shape index (κ2) is 6.13. The Hall–Kier alpha value is -0.450. The van der Waals surface area contributed by atoms with E-state index in [2.05, 4.69) is 15.9 Å². The number of hydrogen-bond donors (Lipinski definition) is 0. The van der Waals surface area contributed by atoms with Crippen molar-refractivity contribution >= 4 is 27.5 Å². The lowest BCUT2D eigenvalue weighted by Gasteiger charge is -2.40. The molecule has 2 rings (SSSR count). The van der Waals surface area contributed by atoms with Crippen LogP contribution in [-0.4, -0.2) is 31.3 Å². The fraction of sp³-hybridized carbons (Fsp3) is 0.538. The maximum absolute atomic E-state index is 6.11. The Morgan fingerprint density at radius 3 is 2.78 bits per heavy atom. The number of rotatable bonds is 5. The summed E-state index contributed by atoms with van der Waals surface area (Å²) in [5, 5.41) is 0.0481. The summed E-state index contributed by atoms with van der Waals surface area (Å²) in [5.41, 5.74) is 0. The van der Waals surface area contributed by atoms with Gasteiger partial charge in [0.1, 0.15) is 23.7 Å². The first-order valence-corrected chi connectivity index (χ1v) is 7.14. The van der Waals surface area contributed by atoms with Gasteiger partial charge in [0.05, 0.1) is 17.0 Å². The average molecular weight is 336 g/mol. The Morgan fingerprint density at radius 2 is 2.22 bits per heavy atom. The van der Waals surface area contributed by atoms with Gasteiger partial charge in [-0.1, -0.05) is 0 Å². The SMILES string of the molecule is CCOC1C(Cl)CC1Oc1ccc(OC)cc1Br. The van der Waals surface area contributed by atoms with Gasteiger partial charge in [-0.3, -0.25) is 0 Å². The Balaban J connectivity index is 2.01. The molecule has 0 radical (unpaired) electrons. The quantitative estimate of drug-likeness (QED) is 0.769. The van der Waals surface area contributed by atoms with E-state index in [1.165, 1.54) is 0 Å². The fourth-order valence-corrected chi connectivity index (χ4v) is 2.78. The minimum Gasteiger partial charge on any atom is -0.497 e. The highest BCUT2D eigenvalue weighted by Gasteiger charge is 2.42. The van der Waals surface area contributed by atoms with Crippen LogP contribution in [0.3, 0.4) is 0 Å². The number of hydrogen-bond acceptors (Lipinski definition) is 3. The third-order valence-corrected chi connectivity index (χ3v) is 4.00. The van der Waals surface area contributed by atoms with Crippen LogP contribution in [0.25, 0.3) is 0 Å². The highest BCUT2D eigenvalue weighted by molar-refractivity contribution is 9.10. The highest BCUT2D eigenvalue weighted by atomic mass is 79.9. The summed E-state index contributed by atoms with van der Waals surface area (Å²) in [7, 11) is 1.64. The zero-order chi connectivity index (χ0) is 13.1. The van der Waals surface area contributed by atoms with E-state index in [0.29, 0.717) is 6.61 Å². The van der Waals surface area contributed by atoms with Crippen molar-refractivity contribution < 1.29 is 14.2 Å². The summed E-state index contributed by atoms with van der Waals surface area (Å²) in [4.78, 5) is 0. The predicted octanol–water partition coefficient (Wildman–Crippen LogP) is 3.62. The first kappa shape index (κ1) is 14.0. The number of halogens is 2. The van der Waals surface area contributed by atoms with Gasteiger partial charge in [0.25, 0.3) is 0 Å². The van der Waals surface area contributed by atoms with Gasteiger partial charge in [-0.25, -0.2) is 0 Å². The van der Waals surface area contributed by atoms with Crippen molar-refractivity contribution in [1.82, 2.24) is 0 Å². The molecule has 1 fully saturated rings. The summed E-state index contributed by atoms with van der Waals surface area (Å²) in [6.45, 7) is 2.61. The second-order valence-corrected chi connectivity index (χ2v) is 5.54. The van der Waals surface area contributed by atoms with E-state index < -0.39 is 0 Å². The van der Waals surface area contributed by atoms with Crippen molar-refractivity contribution in [3.05, 3.63) is 22.7 Å². The van der Waals surface area contributed by atoms with Crippen molar-refractivity contribution in [3.63, 3.8) is 0 Å². The predicted molar refractivity (Wildman–Crippen MR) is 74.8 cm³/mol. The molecule has 1 aromatic carbocycles. The zero-order valence-electron chi connectivity index (χ0n) is 10.4. The molecule has 100 valence electrons. The molecule has 0 amide bonds. The van der Waals surface area contributed by atoms with Gasteiger partial charge >= 0.3 is 0 Å². The minimum atomic E-state index is -0.0225. The van der Waals surface area contributed by atoms with Crippen LogP contribution in [0.4, 0.5) is 0 Å².